The molecule has 0 spiro atoms. The van der Waals surface area contributed by atoms with E-state index in [1.54, 1.807) is 0 Å². The highest BCUT2D eigenvalue weighted by Crippen LogP contribution is 2.20. The third-order valence-corrected chi connectivity index (χ3v) is 4.40. The van der Waals surface area contributed by atoms with Gasteiger partial charge in [0.25, 0.3) is 0 Å². The van der Waals surface area contributed by atoms with E-state index in [9.17, 15) is 18.0 Å². The number of carboxylic acid groups (broad SMARTS) is 1. The summed E-state index contributed by atoms with van der Waals surface area (Å²) in [6.07, 6.45) is 0.0244. The van der Waals surface area contributed by atoms with Gasteiger partial charge < -0.3 is 16.2 Å². The lowest BCUT2D eigenvalue weighted by Gasteiger charge is -2.13. The zero-order valence-corrected chi connectivity index (χ0v) is 11.1. The number of nitrogen functional groups attached to an aromatic ring is 1. The van der Waals surface area contributed by atoms with Gasteiger partial charge in [-0.05, 0) is 18.2 Å². The average Bonchev–Trinajstić information content (AvgIpc) is 2.73. The zero-order chi connectivity index (χ0) is 14.9. The molecule has 1 aliphatic rings. The van der Waals surface area contributed by atoms with Crippen LogP contribution in [0.2, 0.25) is 0 Å². The third kappa shape index (κ3) is 2.89. The monoisotopic (exact) mass is 299 g/mol. The van der Waals surface area contributed by atoms with E-state index in [0.29, 0.717) is 0 Å². The molecule has 5 N–H and O–H groups in total. The van der Waals surface area contributed by atoms with E-state index in [2.05, 4.69) is 10.0 Å². The number of amides is 1. The number of aromatic carboxylic acids is 1. The van der Waals surface area contributed by atoms with Gasteiger partial charge >= 0.3 is 5.97 Å². The number of carbonyl (C=O) groups excluding carboxylic acids is 1. The van der Waals surface area contributed by atoms with E-state index < -0.39 is 27.6 Å². The van der Waals surface area contributed by atoms with Crippen LogP contribution in [0, 0.1) is 0 Å². The molecule has 1 aromatic carbocycles. The third-order valence-electron chi connectivity index (χ3n) is 2.82. The minimum atomic E-state index is -4.04. The van der Waals surface area contributed by atoms with Crippen molar-refractivity contribution >= 4 is 27.6 Å². The molecule has 0 aliphatic carbocycles. The summed E-state index contributed by atoms with van der Waals surface area (Å²) in [6, 6.07) is 2.92. The molecule has 1 fully saturated rings. The Hall–Kier alpha value is -2.13. The number of nitrogens with two attached hydrogens (primary N) is 1. The first-order chi connectivity index (χ1) is 9.29. The highest BCUT2D eigenvalue weighted by molar-refractivity contribution is 7.89. The van der Waals surface area contributed by atoms with Crippen LogP contribution in [0.3, 0.4) is 0 Å². The van der Waals surface area contributed by atoms with Crippen molar-refractivity contribution in [2.75, 3.05) is 12.3 Å². The van der Waals surface area contributed by atoms with Crippen molar-refractivity contribution in [3.63, 3.8) is 0 Å². The smallest absolute Gasteiger partial charge is 0.337 e. The van der Waals surface area contributed by atoms with Crippen molar-refractivity contribution in [3.8, 4) is 0 Å². The first-order valence-electron chi connectivity index (χ1n) is 5.71. The van der Waals surface area contributed by atoms with Gasteiger partial charge in [0.15, 0.2) is 0 Å². The van der Waals surface area contributed by atoms with Crippen LogP contribution in [0.25, 0.3) is 0 Å². The molecule has 9 heteroatoms. The summed E-state index contributed by atoms with van der Waals surface area (Å²) >= 11 is 0. The maximum absolute atomic E-state index is 12.2. The minimum Gasteiger partial charge on any atom is -0.478 e. The number of nitrogens with one attached hydrogen (secondary N) is 2. The van der Waals surface area contributed by atoms with E-state index >= 15 is 0 Å². The fraction of sp³-hybridized carbons (Fsp3) is 0.273. The van der Waals surface area contributed by atoms with Gasteiger partial charge in [-0.25, -0.2) is 17.9 Å². The number of rotatable bonds is 4. The second-order valence-electron chi connectivity index (χ2n) is 4.39. The summed E-state index contributed by atoms with van der Waals surface area (Å²) in [5, 5.41) is 11.5. The Labute approximate surface area is 115 Å². The number of benzene rings is 1. The van der Waals surface area contributed by atoms with E-state index in [1.807, 2.05) is 0 Å². The fourth-order valence-electron chi connectivity index (χ4n) is 1.92. The maximum atomic E-state index is 12.2. The first kappa shape index (κ1) is 14.3. The lowest BCUT2D eigenvalue weighted by molar-refractivity contribution is -0.119. The van der Waals surface area contributed by atoms with Gasteiger partial charge in [0.2, 0.25) is 15.9 Å². The van der Waals surface area contributed by atoms with Gasteiger partial charge in [-0.3, -0.25) is 4.79 Å². The average molecular weight is 299 g/mol. The summed E-state index contributed by atoms with van der Waals surface area (Å²) in [4.78, 5) is 21.8. The van der Waals surface area contributed by atoms with Crippen molar-refractivity contribution < 1.29 is 23.1 Å². The highest BCUT2D eigenvalue weighted by atomic mass is 32.2. The maximum Gasteiger partial charge on any atom is 0.337 e. The Balaban J connectivity index is 2.34. The molecule has 1 atom stereocenters. The Morgan fingerprint density at radius 3 is 2.70 bits per heavy atom. The van der Waals surface area contributed by atoms with E-state index in [1.165, 1.54) is 6.07 Å². The molecule has 1 unspecified atom stereocenters. The van der Waals surface area contributed by atoms with Crippen molar-refractivity contribution in [2.45, 2.75) is 17.4 Å². The van der Waals surface area contributed by atoms with Gasteiger partial charge in [0, 0.05) is 24.7 Å². The van der Waals surface area contributed by atoms with Crippen LogP contribution in [0.1, 0.15) is 16.8 Å². The summed E-state index contributed by atoms with van der Waals surface area (Å²) < 4.78 is 26.7. The molecule has 8 nitrogen and oxygen atoms in total. The van der Waals surface area contributed by atoms with Crippen LogP contribution in [0.15, 0.2) is 23.1 Å². The van der Waals surface area contributed by atoms with Gasteiger partial charge in [0.1, 0.15) is 0 Å². The van der Waals surface area contributed by atoms with Crippen molar-refractivity contribution in [2.24, 2.45) is 0 Å². The highest BCUT2D eigenvalue weighted by Gasteiger charge is 2.29. The normalized spacial score (nSPS) is 18.8. The molecule has 20 heavy (non-hydrogen) atoms. The molecule has 0 bridgehead atoms. The summed E-state index contributed by atoms with van der Waals surface area (Å²) in [7, 11) is -4.04. The summed E-state index contributed by atoms with van der Waals surface area (Å²) in [6.45, 7) is 0.176. The lowest BCUT2D eigenvalue weighted by atomic mass is 10.2. The molecular formula is C11H13N3O5S. The van der Waals surface area contributed by atoms with E-state index in [0.717, 1.165) is 12.1 Å². The van der Waals surface area contributed by atoms with Crippen LogP contribution in [0.5, 0.6) is 0 Å². The van der Waals surface area contributed by atoms with E-state index in [-0.39, 0.29) is 29.5 Å². The minimum absolute atomic E-state index is 0.0244. The SMILES string of the molecule is Nc1ccc(S(=O)(=O)NC2CNC(=O)C2)c(C(=O)O)c1. The van der Waals surface area contributed by atoms with Crippen LogP contribution in [-0.2, 0) is 14.8 Å². The topological polar surface area (TPSA) is 139 Å². The summed E-state index contributed by atoms with van der Waals surface area (Å²) in [5.74, 6) is -1.65. The molecule has 0 radical (unpaired) electrons. The van der Waals surface area contributed by atoms with Gasteiger partial charge in [0.05, 0.1) is 10.5 Å². The number of carboxylic acids is 1. The Bertz CT molecular complexity index is 671. The molecule has 108 valence electrons. The molecule has 1 saturated heterocycles. The Morgan fingerprint density at radius 2 is 2.15 bits per heavy atom. The number of hydrogen-bond acceptors (Lipinski definition) is 5. The lowest BCUT2D eigenvalue weighted by Crippen LogP contribution is -2.36. The predicted molar refractivity (Wildman–Crippen MR) is 69.5 cm³/mol. The molecule has 1 aliphatic heterocycles. The van der Waals surface area contributed by atoms with Gasteiger partial charge in [-0.15, -0.1) is 0 Å². The second-order valence-corrected chi connectivity index (χ2v) is 6.07. The quantitative estimate of drug-likeness (QED) is 0.533. The van der Waals surface area contributed by atoms with Gasteiger partial charge in [-0.2, -0.15) is 0 Å². The standard InChI is InChI=1S/C11H13N3O5S/c12-6-1-2-9(8(3-6)11(16)17)20(18,19)14-7-4-10(15)13-5-7/h1-3,7,14H,4-5,12H2,(H,13,15)(H,16,17). The molecular weight excluding hydrogens is 286 g/mol. The predicted octanol–water partition coefficient (Wildman–Crippen LogP) is -0.866. The Morgan fingerprint density at radius 1 is 1.45 bits per heavy atom. The zero-order valence-electron chi connectivity index (χ0n) is 10.3. The number of carbonyl (C=O) groups is 2. The van der Waals surface area contributed by atoms with Crippen molar-refractivity contribution in [1.82, 2.24) is 10.0 Å². The fourth-order valence-corrected chi connectivity index (χ4v) is 3.34. The summed E-state index contributed by atoms with van der Waals surface area (Å²) in [5.41, 5.74) is 5.20. The van der Waals surface area contributed by atoms with Crippen LogP contribution in [0.4, 0.5) is 5.69 Å². The van der Waals surface area contributed by atoms with Crippen molar-refractivity contribution in [1.29, 1.82) is 0 Å². The molecule has 1 heterocycles. The number of sulfonamides is 1. The second kappa shape index (κ2) is 5.10. The van der Waals surface area contributed by atoms with E-state index in [4.69, 9.17) is 10.8 Å². The molecule has 1 aromatic rings. The van der Waals surface area contributed by atoms with Gasteiger partial charge in [-0.1, -0.05) is 0 Å². The van der Waals surface area contributed by atoms with Crippen molar-refractivity contribution in [3.05, 3.63) is 23.8 Å². The molecule has 1 amide bonds. The number of hydrogen-bond donors (Lipinski definition) is 4. The Kier molecular flexibility index (Phi) is 3.64. The van der Waals surface area contributed by atoms with Crippen LogP contribution < -0.4 is 15.8 Å². The first-order valence-corrected chi connectivity index (χ1v) is 7.20. The molecule has 0 saturated carbocycles. The number of anilines is 1. The largest absolute Gasteiger partial charge is 0.478 e. The molecule has 0 aromatic heterocycles. The van der Waals surface area contributed by atoms with Crippen LogP contribution >= 0.6 is 0 Å². The van der Waals surface area contributed by atoms with Crippen LogP contribution in [-0.4, -0.2) is 38.0 Å². The molecule has 2 rings (SSSR count).